The van der Waals surface area contributed by atoms with Crippen molar-refractivity contribution in [2.75, 3.05) is 13.7 Å². The second-order valence-electron chi connectivity index (χ2n) is 3.64. The Morgan fingerprint density at radius 1 is 1.56 bits per heavy atom. The van der Waals surface area contributed by atoms with E-state index in [0.717, 1.165) is 0 Å². The number of benzene rings is 1. The average molecular weight is 255 g/mol. The number of carbonyl (C=O) groups is 1. The summed E-state index contributed by atoms with van der Waals surface area (Å²) < 4.78 is 10.0. The van der Waals surface area contributed by atoms with Gasteiger partial charge < -0.3 is 14.6 Å². The van der Waals surface area contributed by atoms with Crippen molar-refractivity contribution in [2.24, 2.45) is 5.92 Å². The van der Waals surface area contributed by atoms with Crippen molar-refractivity contribution in [3.63, 3.8) is 0 Å². The third-order valence-corrected chi connectivity index (χ3v) is 2.27. The van der Waals surface area contributed by atoms with Crippen molar-refractivity contribution in [3.05, 3.63) is 28.3 Å². The fraction of sp³-hybridized carbons (Fsp3) is 0.364. The fourth-order valence-electron chi connectivity index (χ4n) is 1.17. The summed E-state index contributed by atoms with van der Waals surface area (Å²) in [5.74, 6) is -1.41. The molecule has 0 aliphatic rings. The summed E-state index contributed by atoms with van der Waals surface area (Å²) in [5, 5.41) is 19.5. The highest BCUT2D eigenvalue weighted by atomic mass is 16.6. The summed E-state index contributed by atoms with van der Waals surface area (Å²) in [5.41, 5.74) is -0.257. The number of nitrogens with zero attached hydrogens (tertiary/aromatic N) is 1. The molecule has 7 nitrogen and oxygen atoms in total. The smallest absolute Gasteiger partial charge is 0.314 e. The Labute approximate surface area is 103 Å². The first kappa shape index (κ1) is 13.8. The van der Waals surface area contributed by atoms with Crippen LogP contribution < -0.4 is 9.47 Å². The van der Waals surface area contributed by atoms with Crippen LogP contribution in [-0.2, 0) is 4.79 Å². The van der Waals surface area contributed by atoms with E-state index in [1.165, 1.54) is 32.2 Å². The lowest BCUT2D eigenvalue weighted by Gasteiger charge is -2.10. The maximum absolute atomic E-state index is 10.8. The molecular formula is C11H13NO6. The van der Waals surface area contributed by atoms with Crippen molar-refractivity contribution >= 4 is 11.7 Å². The van der Waals surface area contributed by atoms with Gasteiger partial charge in [-0.2, -0.15) is 0 Å². The topological polar surface area (TPSA) is 98.9 Å². The van der Waals surface area contributed by atoms with Gasteiger partial charge in [0.05, 0.1) is 24.0 Å². The second-order valence-corrected chi connectivity index (χ2v) is 3.64. The first-order valence-electron chi connectivity index (χ1n) is 5.13. The van der Waals surface area contributed by atoms with Crippen LogP contribution in [0.3, 0.4) is 0 Å². The second kappa shape index (κ2) is 5.85. The van der Waals surface area contributed by atoms with Crippen molar-refractivity contribution in [2.45, 2.75) is 6.92 Å². The Balaban J connectivity index is 2.88. The van der Waals surface area contributed by atoms with Gasteiger partial charge >= 0.3 is 11.7 Å². The maximum Gasteiger partial charge on any atom is 0.314 e. The summed E-state index contributed by atoms with van der Waals surface area (Å²) in [4.78, 5) is 20.8. The molecule has 1 N–H and O–H groups in total. The summed E-state index contributed by atoms with van der Waals surface area (Å²) >= 11 is 0. The standard InChI is InChI=1S/C11H13NO6/c1-7(11(13)14)6-18-10-4-3-8(17-2)5-9(10)12(15)16/h3-5,7H,6H2,1-2H3,(H,13,14). The number of hydrogen-bond donors (Lipinski definition) is 1. The molecule has 0 bridgehead atoms. The van der Waals surface area contributed by atoms with Crippen molar-refractivity contribution in [3.8, 4) is 11.5 Å². The number of carboxylic acid groups (broad SMARTS) is 1. The van der Waals surface area contributed by atoms with Crippen LogP contribution in [0.5, 0.6) is 11.5 Å². The van der Waals surface area contributed by atoms with Gasteiger partial charge in [0.2, 0.25) is 0 Å². The van der Waals surface area contributed by atoms with Gasteiger partial charge in [0.25, 0.3) is 0 Å². The van der Waals surface area contributed by atoms with E-state index in [9.17, 15) is 14.9 Å². The minimum atomic E-state index is -1.02. The first-order valence-corrected chi connectivity index (χ1v) is 5.13. The molecule has 0 heterocycles. The molecular weight excluding hydrogens is 242 g/mol. The van der Waals surface area contributed by atoms with Gasteiger partial charge in [-0.15, -0.1) is 0 Å². The predicted octanol–water partition coefficient (Wildman–Crippen LogP) is 1.70. The van der Waals surface area contributed by atoms with Gasteiger partial charge in [-0.1, -0.05) is 0 Å². The highest BCUT2D eigenvalue weighted by Crippen LogP contribution is 2.31. The number of methoxy groups -OCH3 is 1. The molecule has 0 spiro atoms. The van der Waals surface area contributed by atoms with Gasteiger partial charge in [-0.25, -0.2) is 0 Å². The van der Waals surface area contributed by atoms with Crippen LogP contribution >= 0.6 is 0 Å². The molecule has 1 unspecified atom stereocenters. The molecule has 1 rings (SSSR count). The quantitative estimate of drug-likeness (QED) is 0.613. The van der Waals surface area contributed by atoms with Crippen molar-refractivity contribution in [1.29, 1.82) is 0 Å². The summed E-state index contributed by atoms with van der Waals surface area (Å²) in [7, 11) is 1.39. The third-order valence-electron chi connectivity index (χ3n) is 2.27. The van der Waals surface area contributed by atoms with E-state index in [1.54, 1.807) is 0 Å². The van der Waals surface area contributed by atoms with Crippen LogP contribution in [-0.4, -0.2) is 29.7 Å². The Morgan fingerprint density at radius 3 is 2.72 bits per heavy atom. The van der Waals surface area contributed by atoms with E-state index < -0.39 is 16.8 Å². The van der Waals surface area contributed by atoms with Crippen LogP contribution in [0.1, 0.15) is 6.92 Å². The van der Waals surface area contributed by atoms with E-state index in [4.69, 9.17) is 14.6 Å². The third kappa shape index (κ3) is 3.34. The number of nitro groups is 1. The number of ether oxygens (including phenoxy) is 2. The molecule has 1 aromatic carbocycles. The molecule has 7 heteroatoms. The summed E-state index contributed by atoms with van der Waals surface area (Å²) in [6.45, 7) is 1.32. The molecule has 1 aromatic rings. The Hall–Kier alpha value is -2.31. The molecule has 0 saturated carbocycles. The van der Waals surface area contributed by atoms with Gasteiger partial charge in [0, 0.05) is 0 Å². The number of carboxylic acids is 1. The highest BCUT2D eigenvalue weighted by Gasteiger charge is 2.19. The van der Waals surface area contributed by atoms with Crippen molar-refractivity contribution in [1.82, 2.24) is 0 Å². The van der Waals surface area contributed by atoms with Gasteiger partial charge in [0.15, 0.2) is 5.75 Å². The minimum absolute atomic E-state index is 0.0221. The molecule has 0 aromatic heterocycles. The highest BCUT2D eigenvalue weighted by molar-refractivity contribution is 5.69. The lowest BCUT2D eigenvalue weighted by molar-refractivity contribution is -0.386. The van der Waals surface area contributed by atoms with E-state index in [1.807, 2.05) is 0 Å². The van der Waals surface area contributed by atoms with E-state index >= 15 is 0 Å². The maximum atomic E-state index is 10.8. The molecule has 0 radical (unpaired) electrons. The SMILES string of the molecule is COc1ccc(OCC(C)C(=O)O)c([N+](=O)[O-])c1. The van der Waals surface area contributed by atoms with Crippen LogP contribution in [0.4, 0.5) is 5.69 Å². The number of rotatable bonds is 6. The fourth-order valence-corrected chi connectivity index (χ4v) is 1.17. The Bertz CT molecular complexity index is 459. The minimum Gasteiger partial charge on any atom is -0.496 e. The number of aliphatic carboxylic acids is 1. The lowest BCUT2D eigenvalue weighted by atomic mass is 10.2. The zero-order valence-corrected chi connectivity index (χ0v) is 9.95. The van der Waals surface area contributed by atoms with Crippen LogP contribution in [0.25, 0.3) is 0 Å². The molecule has 18 heavy (non-hydrogen) atoms. The molecule has 98 valence electrons. The molecule has 1 atom stereocenters. The van der Waals surface area contributed by atoms with E-state index in [0.29, 0.717) is 5.75 Å². The van der Waals surface area contributed by atoms with E-state index in [2.05, 4.69) is 0 Å². The normalized spacial score (nSPS) is 11.7. The first-order chi connectivity index (χ1) is 8.45. The summed E-state index contributed by atoms with van der Waals surface area (Å²) in [6, 6.07) is 4.11. The predicted molar refractivity (Wildman–Crippen MR) is 61.9 cm³/mol. The van der Waals surface area contributed by atoms with Gasteiger partial charge in [-0.05, 0) is 19.1 Å². The zero-order chi connectivity index (χ0) is 13.7. The molecule has 0 fully saturated rings. The zero-order valence-electron chi connectivity index (χ0n) is 9.95. The van der Waals surface area contributed by atoms with Gasteiger partial charge in [0.1, 0.15) is 12.4 Å². The van der Waals surface area contributed by atoms with E-state index in [-0.39, 0.29) is 18.0 Å². The Kier molecular flexibility index (Phi) is 4.47. The van der Waals surface area contributed by atoms with Crippen LogP contribution in [0, 0.1) is 16.0 Å². The van der Waals surface area contributed by atoms with Gasteiger partial charge in [-0.3, -0.25) is 14.9 Å². The van der Waals surface area contributed by atoms with Crippen molar-refractivity contribution < 1.29 is 24.3 Å². The molecule has 0 saturated heterocycles. The Morgan fingerprint density at radius 2 is 2.22 bits per heavy atom. The molecule has 0 aliphatic heterocycles. The van der Waals surface area contributed by atoms with Crippen LogP contribution in [0.2, 0.25) is 0 Å². The monoisotopic (exact) mass is 255 g/mol. The summed E-state index contributed by atoms with van der Waals surface area (Å²) in [6.07, 6.45) is 0. The number of hydrogen-bond acceptors (Lipinski definition) is 5. The largest absolute Gasteiger partial charge is 0.496 e. The average Bonchev–Trinajstić information content (AvgIpc) is 2.35. The molecule has 0 aliphatic carbocycles. The lowest BCUT2D eigenvalue weighted by Crippen LogP contribution is -2.18. The van der Waals surface area contributed by atoms with Crippen LogP contribution in [0.15, 0.2) is 18.2 Å². The number of nitro benzene ring substituents is 1. The molecule has 0 amide bonds.